The molecule has 0 heterocycles. The minimum absolute atomic E-state index is 0.686. The van der Waals surface area contributed by atoms with Gasteiger partial charge in [0.05, 0.1) is 13.1 Å². The minimum Gasteiger partial charge on any atom is -0.194 e. The fourth-order valence-electron chi connectivity index (χ4n) is 0.652. The van der Waals surface area contributed by atoms with Gasteiger partial charge in [-0.1, -0.05) is 40.5 Å². The predicted molar refractivity (Wildman–Crippen MR) is 53.5 cm³/mol. The standard InChI is InChI=1S/C10H22N2/c1-5-9(3)7-11-12-8-10(4)6-2/h9-10H,5-8H2,1-4H3. The van der Waals surface area contributed by atoms with Crippen LogP contribution in [0.5, 0.6) is 0 Å². The van der Waals surface area contributed by atoms with E-state index in [2.05, 4.69) is 37.9 Å². The molecule has 0 saturated carbocycles. The topological polar surface area (TPSA) is 24.7 Å². The lowest BCUT2D eigenvalue weighted by atomic mass is 10.1. The Bertz CT molecular complexity index is 107. The van der Waals surface area contributed by atoms with Crippen LogP contribution in [0.3, 0.4) is 0 Å². The number of hydrogen-bond donors (Lipinski definition) is 0. The molecule has 0 bridgehead atoms. The van der Waals surface area contributed by atoms with Crippen molar-refractivity contribution in [1.29, 1.82) is 0 Å². The van der Waals surface area contributed by atoms with E-state index >= 15 is 0 Å². The Morgan fingerprint density at radius 2 is 1.17 bits per heavy atom. The summed E-state index contributed by atoms with van der Waals surface area (Å²) in [4.78, 5) is 0. The number of azo groups is 1. The molecule has 0 amide bonds. The van der Waals surface area contributed by atoms with Crippen molar-refractivity contribution in [2.24, 2.45) is 22.1 Å². The van der Waals surface area contributed by atoms with Gasteiger partial charge in [0.25, 0.3) is 0 Å². The van der Waals surface area contributed by atoms with Crippen molar-refractivity contribution in [3.63, 3.8) is 0 Å². The zero-order valence-corrected chi connectivity index (χ0v) is 8.88. The molecule has 12 heavy (non-hydrogen) atoms. The fraction of sp³-hybridized carbons (Fsp3) is 1.00. The molecule has 0 aliphatic rings. The van der Waals surface area contributed by atoms with Gasteiger partial charge in [-0.05, 0) is 11.8 Å². The number of nitrogens with zero attached hydrogens (tertiary/aromatic N) is 2. The van der Waals surface area contributed by atoms with E-state index in [1.54, 1.807) is 0 Å². The smallest absolute Gasteiger partial charge is 0.0624 e. The van der Waals surface area contributed by atoms with Crippen molar-refractivity contribution in [3.05, 3.63) is 0 Å². The van der Waals surface area contributed by atoms with Crippen LogP contribution in [0.4, 0.5) is 0 Å². The normalized spacial score (nSPS) is 16.7. The molecule has 0 aliphatic carbocycles. The van der Waals surface area contributed by atoms with Gasteiger partial charge in [0.2, 0.25) is 0 Å². The average molecular weight is 170 g/mol. The lowest BCUT2D eigenvalue weighted by Gasteiger charge is -2.03. The lowest BCUT2D eigenvalue weighted by molar-refractivity contribution is 0.528. The second kappa shape index (κ2) is 7.26. The zero-order valence-electron chi connectivity index (χ0n) is 8.88. The Hall–Kier alpha value is -0.400. The Morgan fingerprint density at radius 1 is 0.833 bits per heavy atom. The Balaban J connectivity index is 3.36. The molecule has 0 rings (SSSR count). The van der Waals surface area contributed by atoms with Gasteiger partial charge < -0.3 is 0 Å². The molecule has 0 N–H and O–H groups in total. The first-order valence-electron chi connectivity index (χ1n) is 5.03. The molecule has 0 radical (unpaired) electrons. The van der Waals surface area contributed by atoms with Crippen LogP contribution in [0.15, 0.2) is 10.2 Å². The van der Waals surface area contributed by atoms with Crippen molar-refractivity contribution in [1.82, 2.24) is 0 Å². The molecule has 2 unspecified atom stereocenters. The summed E-state index contributed by atoms with van der Waals surface area (Å²) >= 11 is 0. The fourth-order valence-corrected chi connectivity index (χ4v) is 0.652. The molecule has 2 heteroatoms. The highest BCUT2D eigenvalue weighted by Crippen LogP contribution is 2.03. The van der Waals surface area contributed by atoms with Gasteiger partial charge in [-0.25, -0.2) is 0 Å². The van der Waals surface area contributed by atoms with E-state index in [-0.39, 0.29) is 0 Å². The van der Waals surface area contributed by atoms with Crippen LogP contribution >= 0.6 is 0 Å². The van der Waals surface area contributed by atoms with Gasteiger partial charge in [-0.15, -0.1) is 0 Å². The third-order valence-electron chi connectivity index (χ3n) is 2.28. The summed E-state index contributed by atoms with van der Waals surface area (Å²) in [7, 11) is 0. The summed E-state index contributed by atoms with van der Waals surface area (Å²) in [5.41, 5.74) is 0. The predicted octanol–water partition coefficient (Wildman–Crippen LogP) is 3.53. The van der Waals surface area contributed by atoms with Gasteiger partial charge >= 0.3 is 0 Å². The van der Waals surface area contributed by atoms with E-state index in [0.717, 1.165) is 13.1 Å². The van der Waals surface area contributed by atoms with Crippen LogP contribution in [-0.4, -0.2) is 13.1 Å². The van der Waals surface area contributed by atoms with Crippen molar-refractivity contribution in [3.8, 4) is 0 Å². The molecule has 0 fully saturated rings. The molecule has 0 saturated heterocycles. The molecule has 0 aromatic rings. The third kappa shape index (κ3) is 6.32. The molecule has 72 valence electrons. The monoisotopic (exact) mass is 170 g/mol. The maximum Gasteiger partial charge on any atom is 0.0624 e. The highest BCUT2D eigenvalue weighted by molar-refractivity contribution is 4.54. The van der Waals surface area contributed by atoms with Crippen LogP contribution in [0.25, 0.3) is 0 Å². The Labute approximate surface area is 76.5 Å². The molecular weight excluding hydrogens is 148 g/mol. The Kier molecular flexibility index (Phi) is 7.02. The van der Waals surface area contributed by atoms with Crippen LogP contribution in [0.1, 0.15) is 40.5 Å². The van der Waals surface area contributed by atoms with E-state index in [1.165, 1.54) is 12.8 Å². The van der Waals surface area contributed by atoms with Gasteiger partial charge in [0.15, 0.2) is 0 Å². The average Bonchev–Trinajstić information content (AvgIpc) is 2.11. The van der Waals surface area contributed by atoms with Crippen molar-refractivity contribution >= 4 is 0 Å². The Morgan fingerprint density at radius 3 is 1.42 bits per heavy atom. The molecule has 0 aliphatic heterocycles. The summed E-state index contributed by atoms with van der Waals surface area (Å²) in [6.07, 6.45) is 2.39. The van der Waals surface area contributed by atoms with Gasteiger partial charge in [0.1, 0.15) is 0 Å². The first-order valence-corrected chi connectivity index (χ1v) is 5.03. The first kappa shape index (κ1) is 11.6. The lowest BCUT2D eigenvalue weighted by Crippen LogP contribution is -1.98. The van der Waals surface area contributed by atoms with Crippen molar-refractivity contribution in [2.45, 2.75) is 40.5 Å². The maximum atomic E-state index is 4.16. The minimum atomic E-state index is 0.686. The quantitative estimate of drug-likeness (QED) is 0.545. The molecular formula is C10H22N2. The molecule has 2 atom stereocenters. The van der Waals surface area contributed by atoms with E-state index < -0.39 is 0 Å². The van der Waals surface area contributed by atoms with E-state index in [1.807, 2.05) is 0 Å². The first-order chi connectivity index (χ1) is 5.70. The summed E-state index contributed by atoms with van der Waals surface area (Å²) < 4.78 is 0. The molecule has 0 spiro atoms. The van der Waals surface area contributed by atoms with Crippen molar-refractivity contribution in [2.75, 3.05) is 13.1 Å². The summed E-state index contributed by atoms with van der Waals surface area (Å²) in [5.74, 6) is 1.37. The molecule has 0 aromatic carbocycles. The summed E-state index contributed by atoms with van der Waals surface area (Å²) in [6.45, 7) is 10.6. The highest BCUT2D eigenvalue weighted by atomic mass is 15.1. The second-order valence-electron chi connectivity index (χ2n) is 3.67. The largest absolute Gasteiger partial charge is 0.194 e. The summed E-state index contributed by atoms with van der Waals surface area (Å²) in [6, 6.07) is 0. The maximum absolute atomic E-state index is 4.16. The van der Waals surface area contributed by atoms with Gasteiger partial charge in [0, 0.05) is 0 Å². The van der Waals surface area contributed by atoms with Crippen LogP contribution < -0.4 is 0 Å². The van der Waals surface area contributed by atoms with Gasteiger partial charge in [-0.3, -0.25) is 0 Å². The summed E-state index contributed by atoms with van der Waals surface area (Å²) in [5, 5.41) is 8.31. The van der Waals surface area contributed by atoms with Crippen molar-refractivity contribution < 1.29 is 0 Å². The van der Waals surface area contributed by atoms with Crippen LogP contribution in [0.2, 0.25) is 0 Å². The number of hydrogen-bond acceptors (Lipinski definition) is 2. The van der Waals surface area contributed by atoms with E-state index in [4.69, 9.17) is 0 Å². The highest BCUT2D eigenvalue weighted by Gasteiger charge is 1.97. The molecule has 0 aromatic heterocycles. The SMILES string of the molecule is CCC(C)CN=NCC(C)CC. The zero-order chi connectivity index (χ0) is 9.40. The van der Waals surface area contributed by atoms with Crippen LogP contribution in [-0.2, 0) is 0 Å². The molecule has 2 nitrogen and oxygen atoms in total. The van der Waals surface area contributed by atoms with E-state index in [0.29, 0.717) is 11.8 Å². The third-order valence-corrected chi connectivity index (χ3v) is 2.28. The van der Waals surface area contributed by atoms with Gasteiger partial charge in [-0.2, -0.15) is 10.2 Å². The number of rotatable bonds is 6. The van der Waals surface area contributed by atoms with E-state index in [9.17, 15) is 0 Å². The van der Waals surface area contributed by atoms with Crippen LogP contribution in [0, 0.1) is 11.8 Å². The second-order valence-corrected chi connectivity index (χ2v) is 3.67.